The van der Waals surface area contributed by atoms with E-state index in [9.17, 15) is 14.4 Å². The first-order chi connectivity index (χ1) is 20.9. The second-order valence-electron chi connectivity index (χ2n) is 11.8. The summed E-state index contributed by atoms with van der Waals surface area (Å²) in [6.07, 6.45) is -0.279. The number of aromatic amines is 1. The number of hydrogen-bond donors (Lipinski definition) is 4. The maximum absolute atomic E-state index is 15.2. The van der Waals surface area contributed by atoms with Gasteiger partial charge in [0.25, 0.3) is 0 Å². The Morgan fingerprint density at radius 2 is 1.89 bits per heavy atom. The van der Waals surface area contributed by atoms with Crippen molar-refractivity contribution in [1.29, 1.82) is 0 Å². The van der Waals surface area contributed by atoms with Crippen LogP contribution in [0.3, 0.4) is 0 Å². The number of nitrogens with one attached hydrogen (secondary N) is 4. The fourth-order valence-corrected chi connectivity index (χ4v) is 6.19. The Bertz CT molecular complexity index is 1480. The van der Waals surface area contributed by atoms with Gasteiger partial charge in [-0.15, -0.1) is 0 Å². The van der Waals surface area contributed by atoms with Crippen LogP contribution in [0.2, 0.25) is 5.02 Å². The first-order valence-corrected chi connectivity index (χ1v) is 15.3. The highest BCUT2D eigenvalue weighted by molar-refractivity contribution is 6.31. The van der Waals surface area contributed by atoms with E-state index in [0.29, 0.717) is 42.0 Å². The van der Waals surface area contributed by atoms with Crippen molar-refractivity contribution < 1.29 is 28.2 Å². The van der Waals surface area contributed by atoms with E-state index in [4.69, 9.17) is 26.1 Å². The summed E-state index contributed by atoms with van der Waals surface area (Å²) in [5, 5.41) is 8.83. The number of halogens is 2. The van der Waals surface area contributed by atoms with Gasteiger partial charge in [-0.05, 0) is 55.0 Å². The molecule has 3 aromatic rings. The maximum Gasteiger partial charge on any atom is 0.407 e. The first kappa shape index (κ1) is 33.2. The fourth-order valence-electron chi connectivity index (χ4n) is 5.90. The number of rotatable bonds is 11. The van der Waals surface area contributed by atoms with E-state index in [-0.39, 0.29) is 40.8 Å². The van der Waals surface area contributed by atoms with Crippen LogP contribution in [-0.2, 0) is 24.5 Å². The number of ether oxygens (including phenoxy) is 2. The van der Waals surface area contributed by atoms with Crippen LogP contribution in [0.25, 0.3) is 11.0 Å². The molecular weight excluding hydrogens is 589 g/mol. The van der Waals surface area contributed by atoms with Gasteiger partial charge in [-0.1, -0.05) is 51.4 Å². The second kappa shape index (κ2) is 13.9. The van der Waals surface area contributed by atoms with Gasteiger partial charge in [0.1, 0.15) is 17.7 Å². The molecule has 238 valence electrons. The van der Waals surface area contributed by atoms with E-state index in [1.807, 2.05) is 46.8 Å². The number of methoxy groups -OCH3 is 1. The molecule has 3 amide bonds. The van der Waals surface area contributed by atoms with Crippen LogP contribution in [0.5, 0.6) is 0 Å². The van der Waals surface area contributed by atoms with Gasteiger partial charge >= 0.3 is 6.09 Å². The van der Waals surface area contributed by atoms with Crippen LogP contribution in [0, 0.1) is 17.7 Å². The van der Waals surface area contributed by atoms with Crippen LogP contribution in [0.1, 0.15) is 70.0 Å². The Labute approximate surface area is 261 Å². The molecule has 10 nitrogen and oxygen atoms in total. The molecule has 0 spiro atoms. The third-order valence-electron chi connectivity index (χ3n) is 8.26. The van der Waals surface area contributed by atoms with Gasteiger partial charge in [0.15, 0.2) is 0 Å². The van der Waals surface area contributed by atoms with Crippen LogP contribution in [0.4, 0.5) is 9.18 Å². The van der Waals surface area contributed by atoms with Gasteiger partial charge in [-0.2, -0.15) is 0 Å². The van der Waals surface area contributed by atoms with E-state index in [1.54, 1.807) is 12.1 Å². The molecule has 4 N–H and O–H groups in total. The zero-order chi connectivity index (χ0) is 32.2. The highest BCUT2D eigenvalue weighted by Gasteiger charge is 2.46. The van der Waals surface area contributed by atoms with Gasteiger partial charge < -0.3 is 30.4 Å². The van der Waals surface area contributed by atoms with E-state index in [1.165, 1.54) is 19.2 Å². The average molecular weight is 630 g/mol. The minimum Gasteiger partial charge on any atom is -0.453 e. The molecule has 1 aromatic heterocycles. The number of H-pyrrole nitrogens is 1. The minimum atomic E-state index is -1.02. The number of amides is 3. The summed E-state index contributed by atoms with van der Waals surface area (Å²) < 4.78 is 25.8. The number of fused-ring (bicyclic) bond motifs is 1. The first-order valence-electron chi connectivity index (χ1n) is 14.9. The molecule has 1 saturated heterocycles. The normalized spacial score (nSPS) is 18.7. The maximum atomic E-state index is 15.2. The summed E-state index contributed by atoms with van der Waals surface area (Å²) in [4.78, 5) is 47.2. The molecule has 12 heteroatoms. The van der Waals surface area contributed by atoms with Crippen molar-refractivity contribution in [3.63, 3.8) is 0 Å². The number of nitrogens with zero attached hydrogens (tertiary/aromatic N) is 1. The standard InChI is InChI=1S/C32H41ClFN5O5/c1-7-35-29(40)26(18(4)5)38-30(41)32(13-14-44-16-32)19-11-12-22-23(15-19)37-28(36-22)27(39-31(42)43-6)24(17(2)3)25-20(33)9-8-10-21(25)34/h8-12,15,17-18,24,26-27H,7,13-14,16H2,1-6H3,(H,35,40)(H,36,37)(H,38,41)(H,39,42)/t24?,26-,27?,32?/m1/s1. The molecule has 0 radical (unpaired) electrons. The minimum absolute atomic E-state index is 0.126. The third-order valence-corrected chi connectivity index (χ3v) is 8.59. The molecule has 0 saturated carbocycles. The van der Waals surface area contributed by atoms with Crippen LogP contribution < -0.4 is 16.0 Å². The number of aromatic nitrogens is 2. The highest BCUT2D eigenvalue weighted by atomic mass is 35.5. The van der Waals surface area contributed by atoms with E-state index >= 15 is 4.39 Å². The lowest BCUT2D eigenvalue weighted by Gasteiger charge is -2.30. The van der Waals surface area contributed by atoms with Crippen molar-refractivity contribution in [2.75, 3.05) is 26.9 Å². The van der Waals surface area contributed by atoms with Crippen LogP contribution in [0.15, 0.2) is 36.4 Å². The van der Waals surface area contributed by atoms with E-state index < -0.39 is 35.3 Å². The third kappa shape index (κ3) is 6.68. The topological polar surface area (TPSA) is 134 Å². The number of carbonyl (C=O) groups excluding carboxylic acids is 3. The molecule has 0 aliphatic carbocycles. The molecule has 1 aliphatic heterocycles. The van der Waals surface area contributed by atoms with Crippen LogP contribution >= 0.6 is 11.6 Å². The fraction of sp³-hybridized carbons (Fsp3) is 0.500. The summed E-state index contributed by atoms with van der Waals surface area (Å²) in [7, 11) is 1.25. The predicted molar refractivity (Wildman–Crippen MR) is 166 cm³/mol. The van der Waals surface area contributed by atoms with Gasteiger partial charge in [0.2, 0.25) is 11.8 Å². The Hall–Kier alpha value is -3.70. The van der Waals surface area contributed by atoms with Crippen molar-refractivity contribution in [2.24, 2.45) is 11.8 Å². The lowest BCUT2D eigenvalue weighted by molar-refractivity contribution is -0.133. The Morgan fingerprint density at radius 3 is 2.48 bits per heavy atom. The van der Waals surface area contributed by atoms with E-state index in [0.717, 1.165) is 0 Å². The molecule has 44 heavy (non-hydrogen) atoms. The smallest absolute Gasteiger partial charge is 0.407 e. The number of imidazole rings is 1. The molecule has 3 unspecified atom stereocenters. The Morgan fingerprint density at radius 1 is 1.14 bits per heavy atom. The summed E-state index contributed by atoms with van der Waals surface area (Å²) in [6.45, 7) is 10.4. The SMILES string of the molecule is CCNC(=O)[C@H](NC(=O)C1(c2ccc3nc(C(NC(=O)OC)C(c4c(F)cccc4Cl)C(C)C)[nH]c3c2)CCOC1)C(C)C. The van der Waals surface area contributed by atoms with Gasteiger partial charge in [0, 0.05) is 29.7 Å². The molecular formula is C32H41ClFN5O5. The summed E-state index contributed by atoms with van der Waals surface area (Å²) >= 11 is 6.49. The lowest BCUT2D eigenvalue weighted by atomic mass is 9.78. The predicted octanol–water partition coefficient (Wildman–Crippen LogP) is 5.13. The number of carbonyl (C=O) groups is 3. The largest absolute Gasteiger partial charge is 0.453 e. The summed E-state index contributed by atoms with van der Waals surface area (Å²) in [5.74, 6) is -1.55. The number of hydrogen-bond acceptors (Lipinski definition) is 6. The molecule has 0 bridgehead atoms. The van der Waals surface area contributed by atoms with Crippen molar-refractivity contribution in [3.8, 4) is 0 Å². The number of benzene rings is 2. The Kier molecular flexibility index (Phi) is 10.5. The van der Waals surface area contributed by atoms with Crippen LogP contribution in [-0.4, -0.2) is 60.8 Å². The molecule has 4 rings (SSSR count). The molecule has 1 fully saturated rings. The molecule has 4 atom stereocenters. The zero-order valence-electron chi connectivity index (χ0n) is 25.9. The summed E-state index contributed by atoms with van der Waals surface area (Å²) in [6, 6.07) is 8.40. The molecule has 2 heterocycles. The molecule has 1 aliphatic rings. The van der Waals surface area contributed by atoms with Crippen molar-refractivity contribution in [2.45, 2.75) is 64.5 Å². The Balaban J connectivity index is 1.76. The molecule has 2 aromatic carbocycles. The lowest BCUT2D eigenvalue weighted by Crippen LogP contribution is -2.55. The summed E-state index contributed by atoms with van der Waals surface area (Å²) in [5.41, 5.74) is 1.13. The van der Waals surface area contributed by atoms with Gasteiger partial charge in [-0.25, -0.2) is 14.2 Å². The van der Waals surface area contributed by atoms with Crippen molar-refractivity contribution >= 4 is 40.5 Å². The van der Waals surface area contributed by atoms with Crippen molar-refractivity contribution in [3.05, 3.63) is 64.2 Å². The number of alkyl carbamates (subject to hydrolysis) is 1. The van der Waals surface area contributed by atoms with E-state index in [2.05, 4.69) is 20.9 Å². The monoisotopic (exact) mass is 629 g/mol. The van der Waals surface area contributed by atoms with Gasteiger partial charge in [0.05, 0.1) is 36.2 Å². The average Bonchev–Trinajstić information content (AvgIpc) is 3.64. The second-order valence-corrected chi connectivity index (χ2v) is 12.3. The number of likely N-dealkylation sites (N-methyl/N-ethyl adjacent to an activating group) is 1. The highest BCUT2D eigenvalue weighted by Crippen LogP contribution is 2.42. The van der Waals surface area contributed by atoms with Gasteiger partial charge in [-0.3, -0.25) is 9.59 Å². The quantitative estimate of drug-likeness (QED) is 0.232. The zero-order valence-corrected chi connectivity index (χ0v) is 26.7. The van der Waals surface area contributed by atoms with Crippen molar-refractivity contribution in [1.82, 2.24) is 25.9 Å².